The highest BCUT2D eigenvalue weighted by Gasteiger charge is 2.27. The van der Waals surface area contributed by atoms with Gasteiger partial charge in [0.05, 0.1) is 0 Å². The number of amides is 1. The van der Waals surface area contributed by atoms with Crippen LogP contribution in [0.5, 0.6) is 0 Å². The fourth-order valence-corrected chi connectivity index (χ4v) is 2.85. The second-order valence-electron chi connectivity index (χ2n) is 5.86. The topological polar surface area (TPSA) is 66.8 Å². The smallest absolute Gasteiger partial charge is 0.323 e. The van der Waals surface area contributed by atoms with Gasteiger partial charge in [0.2, 0.25) is 5.91 Å². The lowest BCUT2D eigenvalue weighted by molar-refractivity contribution is -0.147. The zero-order chi connectivity index (χ0) is 17.5. The molecule has 2 rings (SSSR count). The molecule has 1 heterocycles. The molecule has 5 nitrogen and oxygen atoms in total. The van der Waals surface area contributed by atoms with E-state index in [2.05, 4.69) is 0 Å². The molecule has 0 atom stereocenters. The number of carboxylic acid groups (broad SMARTS) is 1. The number of ether oxygens (including phenoxy) is 1. The molecule has 7 heteroatoms. The van der Waals surface area contributed by atoms with E-state index in [0.29, 0.717) is 44.5 Å². The fourth-order valence-electron chi connectivity index (χ4n) is 2.85. The Morgan fingerprint density at radius 2 is 1.92 bits per heavy atom. The van der Waals surface area contributed by atoms with Crippen LogP contribution in [0.2, 0.25) is 0 Å². The van der Waals surface area contributed by atoms with Crippen LogP contribution in [0.15, 0.2) is 18.2 Å². The van der Waals surface area contributed by atoms with Crippen molar-refractivity contribution in [1.29, 1.82) is 0 Å². The van der Waals surface area contributed by atoms with E-state index in [1.54, 1.807) is 0 Å². The van der Waals surface area contributed by atoms with Crippen LogP contribution in [-0.4, -0.2) is 47.7 Å². The molecule has 0 unspecified atom stereocenters. The van der Waals surface area contributed by atoms with Gasteiger partial charge in [-0.15, -0.1) is 0 Å². The van der Waals surface area contributed by atoms with E-state index >= 15 is 0 Å². The molecule has 132 valence electrons. The highest BCUT2D eigenvalue weighted by Crippen LogP contribution is 2.17. The van der Waals surface area contributed by atoms with Crippen molar-refractivity contribution in [2.75, 3.05) is 19.8 Å². The van der Waals surface area contributed by atoms with Crippen LogP contribution < -0.4 is 0 Å². The maximum absolute atomic E-state index is 13.2. The van der Waals surface area contributed by atoms with Gasteiger partial charge in [-0.25, -0.2) is 8.78 Å². The second kappa shape index (κ2) is 8.73. The largest absolute Gasteiger partial charge is 0.480 e. The first kappa shape index (κ1) is 18.3. The molecular weight excluding hydrogens is 320 g/mol. The Morgan fingerprint density at radius 1 is 1.21 bits per heavy atom. The maximum Gasteiger partial charge on any atom is 0.323 e. The van der Waals surface area contributed by atoms with E-state index in [4.69, 9.17) is 9.84 Å². The van der Waals surface area contributed by atoms with Gasteiger partial charge in [-0.1, -0.05) is 6.07 Å². The molecule has 0 saturated carbocycles. The maximum atomic E-state index is 13.2. The van der Waals surface area contributed by atoms with Gasteiger partial charge >= 0.3 is 5.97 Å². The third kappa shape index (κ3) is 5.26. The average Bonchev–Trinajstić information content (AvgIpc) is 2.56. The van der Waals surface area contributed by atoms with Crippen LogP contribution in [0.1, 0.15) is 31.2 Å². The van der Waals surface area contributed by atoms with E-state index < -0.39 is 17.6 Å². The van der Waals surface area contributed by atoms with Crippen molar-refractivity contribution < 1.29 is 28.2 Å². The van der Waals surface area contributed by atoms with Gasteiger partial charge in [-0.05, 0) is 43.4 Å². The van der Waals surface area contributed by atoms with E-state index in [1.807, 2.05) is 0 Å². The predicted octanol–water partition coefficient (Wildman–Crippen LogP) is 2.38. The van der Waals surface area contributed by atoms with Gasteiger partial charge in [-0.3, -0.25) is 9.59 Å². The number of rotatable bonds is 7. The molecule has 1 aromatic rings. The van der Waals surface area contributed by atoms with Crippen molar-refractivity contribution in [2.45, 2.75) is 38.1 Å². The predicted molar refractivity (Wildman–Crippen MR) is 82.5 cm³/mol. The van der Waals surface area contributed by atoms with Crippen LogP contribution in [0.4, 0.5) is 8.78 Å². The summed E-state index contributed by atoms with van der Waals surface area (Å²) in [6.07, 6.45) is 2.30. The van der Waals surface area contributed by atoms with Gasteiger partial charge in [0.1, 0.15) is 6.54 Å². The summed E-state index contributed by atoms with van der Waals surface area (Å²) < 4.78 is 31.3. The normalized spacial score (nSPS) is 15.2. The zero-order valence-electron chi connectivity index (χ0n) is 13.3. The van der Waals surface area contributed by atoms with Gasteiger partial charge in [0.25, 0.3) is 0 Å². The molecule has 24 heavy (non-hydrogen) atoms. The third-order valence-corrected chi connectivity index (χ3v) is 4.10. The van der Waals surface area contributed by atoms with Crippen molar-refractivity contribution in [2.24, 2.45) is 0 Å². The monoisotopic (exact) mass is 341 g/mol. The summed E-state index contributed by atoms with van der Waals surface area (Å²) in [5, 5.41) is 9.02. The number of halogens is 2. The van der Waals surface area contributed by atoms with Crippen molar-refractivity contribution >= 4 is 11.9 Å². The minimum absolute atomic E-state index is 0.120. The molecule has 0 spiro atoms. The summed E-state index contributed by atoms with van der Waals surface area (Å²) in [6.45, 7) is 0.709. The molecule has 1 N–H and O–H groups in total. The first-order chi connectivity index (χ1) is 11.5. The number of carboxylic acids is 1. The Labute approximate surface area is 139 Å². The number of carbonyl (C=O) groups excluding carboxylic acids is 1. The van der Waals surface area contributed by atoms with E-state index in [1.165, 1.54) is 11.0 Å². The average molecular weight is 341 g/mol. The number of hydrogen-bond acceptors (Lipinski definition) is 3. The first-order valence-corrected chi connectivity index (χ1v) is 8.00. The zero-order valence-corrected chi connectivity index (χ0v) is 13.3. The van der Waals surface area contributed by atoms with Crippen LogP contribution >= 0.6 is 0 Å². The van der Waals surface area contributed by atoms with Crippen molar-refractivity contribution in [3.8, 4) is 0 Å². The SMILES string of the molecule is O=C(O)CN(C(=O)CCCc1ccc(F)c(F)c1)C1CCOCC1. The molecular formula is C17H21F2NO4. The van der Waals surface area contributed by atoms with Crippen LogP contribution in [0, 0.1) is 11.6 Å². The molecule has 1 amide bonds. The van der Waals surface area contributed by atoms with Crippen molar-refractivity contribution in [3.63, 3.8) is 0 Å². The van der Waals surface area contributed by atoms with Crippen LogP contribution in [0.3, 0.4) is 0 Å². The highest BCUT2D eigenvalue weighted by atomic mass is 19.2. The summed E-state index contributed by atoms with van der Waals surface area (Å²) in [5.41, 5.74) is 0.609. The van der Waals surface area contributed by atoms with Gasteiger partial charge in [-0.2, -0.15) is 0 Å². The Bertz CT molecular complexity index is 588. The van der Waals surface area contributed by atoms with Crippen LogP contribution in [0.25, 0.3) is 0 Å². The lowest BCUT2D eigenvalue weighted by Gasteiger charge is -2.33. The summed E-state index contributed by atoms with van der Waals surface area (Å²) in [6, 6.07) is 3.54. The highest BCUT2D eigenvalue weighted by molar-refractivity contribution is 5.81. The van der Waals surface area contributed by atoms with E-state index in [9.17, 15) is 18.4 Å². The molecule has 0 aromatic heterocycles. The van der Waals surface area contributed by atoms with Gasteiger partial charge in [0.15, 0.2) is 11.6 Å². The molecule has 1 aliphatic rings. The Kier molecular flexibility index (Phi) is 6.66. The standard InChI is InChI=1S/C17H21F2NO4/c18-14-5-4-12(10-15(14)19)2-1-3-16(21)20(11-17(22)23)13-6-8-24-9-7-13/h4-5,10,13H,1-3,6-9,11H2,(H,22,23). The number of aliphatic carboxylic acids is 1. The van der Waals surface area contributed by atoms with E-state index in [-0.39, 0.29) is 24.9 Å². The fraction of sp³-hybridized carbons (Fsp3) is 0.529. The Balaban J connectivity index is 1.89. The Hall–Kier alpha value is -2.02. The van der Waals surface area contributed by atoms with E-state index in [0.717, 1.165) is 12.1 Å². The minimum Gasteiger partial charge on any atom is -0.480 e. The third-order valence-electron chi connectivity index (χ3n) is 4.10. The molecule has 1 aliphatic heterocycles. The number of nitrogens with zero attached hydrogens (tertiary/aromatic N) is 1. The quantitative estimate of drug-likeness (QED) is 0.827. The first-order valence-electron chi connectivity index (χ1n) is 8.00. The van der Waals surface area contributed by atoms with Gasteiger partial charge < -0.3 is 14.7 Å². The lowest BCUT2D eigenvalue weighted by atomic mass is 10.0. The number of hydrogen-bond donors (Lipinski definition) is 1. The molecule has 1 saturated heterocycles. The van der Waals surface area contributed by atoms with Crippen molar-refractivity contribution in [1.82, 2.24) is 4.90 Å². The molecule has 1 fully saturated rings. The summed E-state index contributed by atoms with van der Waals surface area (Å²) in [5.74, 6) is -3.09. The lowest BCUT2D eigenvalue weighted by Crippen LogP contribution is -2.46. The van der Waals surface area contributed by atoms with Crippen LogP contribution in [-0.2, 0) is 20.7 Å². The number of aryl methyl sites for hydroxylation is 1. The Morgan fingerprint density at radius 3 is 2.54 bits per heavy atom. The second-order valence-corrected chi connectivity index (χ2v) is 5.86. The summed E-state index contributed by atoms with van der Waals surface area (Å²) in [7, 11) is 0. The summed E-state index contributed by atoms with van der Waals surface area (Å²) in [4.78, 5) is 24.8. The molecule has 1 aromatic carbocycles. The number of benzene rings is 1. The van der Waals surface area contributed by atoms with Gasteiger partial charge in [0, 0.05) is 25.7 Å². The van der Waals surface area contributed by atoms with Crippen molar-refractivity contribution in [3.05, 3.63) is 35.4 Å². The molecule has 0 radical (unpaired) electrons. The minimum atomic E-state index is -1.05. The number of carbonyl (C=O) groups is 2. The molecule has 0 aliphatic carbocycles. The molecule has 0 bridgehead atoms. The summed E-state index contributed by atoms with van der Waals surface area (Å²) >= 11 is 0.